The minimum atomic E-state index is 0.0787. The summed E-state index contributed by atoms with van der Waals surface area (Å²) in [5.41, 5.74) is 1.34. The molecule has 4 heterocycles. The molecular weight excluding hydrogens is 340 g/mol. The van der Waals surface area contributed by atoms with Gasteiger partial charge in [0.05, 0.1) is 20.6 Å². The first kappa shape index (κ1) is 15.2. The molecule has 6 rings (SSSR count). The maximum absolute atomic E-state index is 12.9. The zero-order valence-electron chi connectivity index (χ0n) is 13.8. The fourth-order valence-electron chi connectivity index (χ4n) is 4.81. The number of hydrogen-bond donors (Lipinski definition) is 1. The number of fused-ring (bicyclic) bond motifs is 3. The van der Waals surface area contributed by atoms with Gasteiger partial charge in [-0.3, -0.25) is 9.69 Å². The van der Waals surface area contributed by atoms with Gasteiger partial charge in [-0.25, -0.2) is 0 Å². The lowest BCUT2D eigenvalue weighted by Crippen LogP contribution is -2.65. The Bertz CT molecular complexity index is 833. The summed E-state index contributed by atoms with van der Waals surface area (Å²) in [6.45, 7) is 4.44. The Labute approximate surface area is 151 Å². The molecule has 2 aromatic rings. The molecule has 4 aliphatic rings. The summed E-state index contributed by atoms with van der Waals surface area (Å²) in [6, 6.07) is 6.39. The van der Waals surface area contributed by atoms with Gasteiger partial charge in [0.1, 0.15) is 0 Å². The molecule has 1 spiro atoms. The molecule has 1 N–H and O–H groups in total. The van der Waals surface area contributed by atoms with Gasteiger partial charge < -0.3 is 5.32 Å². The number of thiophene rings is 1. The molecule has 2 bridgehead atoms. The average Bonchev–Trinajstić information content (AvgIpc) is 3.24. The molecule has 1 atom stereocenters. The molecule has 24 heavy (non-hydrogen) atoms. The highest BCUT2D eigenvalue weighted by atomic mass is 35.5. The molecule has 1 aromatic carbocycles. The van der Waals surface area contributed by atoms with Crippen molar-refractivity contribution in [3.8, 4) is 0 Å². The third kappa shape index (κ3) is 2.09. The predicted molar refractivity (Wildman–Crippen MR) is 99.1 cm³/mol. The molecule has 1 saturated carbocycles. The van der Waals surface area contributed by atoms with E-state index in [1.165, 1.54) is 50.1 Å². The summed E-state index contributed by atoms with van der Waals surface area (Å²) in [4.78, 5) is 16.3. The van der Waals surface area contributed by atoms with Crippen molar-refractivity contribution in [2.75, 3.05) is 13.1 Å². The van der Waals surface area contributed by atoms with Crippen molar-refractivity contribution in [3.63, 3.8) is 0 Å². The van der Waals surface area contributed by atoms with Crippen molar-refractivity contribution in [2.45, 2.75) is 44.2 Å². The highest BCUT2D eigenvalue weighted by Gasteiger charge is 2.60. The maximum atomic E-state index is 12.9. The molecule has 1 amide bonds. The van der Waals surface area contributed by atoms with Gasteiger partial charge in [-0.05, 0) is 68.6 Å². The highest BCUT2D eigenvalue weighted by Crippen LogP contribution is 2.53. The number of amides is 1. The number of halogens is 1. The summed E-state index contributed by atoms with van der Waals surface area (Å²) in [7, 11) is 0. The summed E-state index contributed by atoms with van der Waals surface area (Å²) in [5, 5.41) is 5.24. The van der Waals surface area contributed by atoms with E-state index in [1.807, 2.05) is 19.1 Å². The van der Waals surface area contributed by atoms with Gasteiger partial charge in [0.2, 0.25) is 0 Å². The van der Waals surface area contributed by atoms with Crippen LogP contribution in [0.5, 0.6) is 0 Å². The topological polar surface area (TPSA) is 32.3 Å². The van der Waals surface area contributed by atoms with Crippen molar-refractivity contribution >= 4 is 38.9 Å². The van der Waals surface area contributed by atoms with Crippen LogP contribution in [0.3, 0.4) is 0 Å². The van der Waals surface area contributed by atoms with Crippen LogP contribution in [0.2, 0.25) is 5.02 Å². The van der Waals surface area contributed by atoms with Crippen LogP contribution in [-0.2, 0) is 0 Å². The molecule has 0 radical (unpaired) electrons. The highest BCUT2D eigenvalue weighted by molar-refractivity contribution is 7.21. The van der Waals surface area contributed by atoms with Crippen LogP contribution < -0.4 is 5.32 Å². The molecule has 1 aliphatic carbocycles. The smallest absolute Gasteiger partial charge is 0.261 e. The largest absolute Gasteiger partial charge is 0.346 e. The van der Waals surface area contributed by atoms with E-state index in [9.17, 15) is 4.79 Å². The number of nitrogens with one attached hydrogen (secondary N) is 1. The van der Waals surface area contributed by atoms with Gasteiger partial charge >= 0.3 is 0 Å². The summed E-state index contributed by atoms with van der Waals surface area (Å²) in [6.07, 6.45) is 4.94. The monoisotopic (exact) mass is 360 g/mol. The number of piperidine rings is 3. The van der Waals surface area contributed by atoms with Crippen LogP contribution in [-0.4, -0.2) is 35.5 Å². The van der Waals surface area contributed by atoms with Crippen LogP contribution >= 0.6 is 22.9 Å². The van der Waals surface area contributed by atoms with Crippen molar-refractivity contribution in [1.82, 2.24) is 10.2 Å². The van der Waals surface area contributed by atoms with Gasteiger partial charge in [0.15, 0.2) is 0 Å². The van der Waals surface area contributed by atoms with E-state index < -0.39 is 0 Å². The van der Waals surface area contributed by atoms with Crippen molar-refractivity contribution in [3.05, 3.63) is 33.7 Å². The molecule has 1 aromatic heterocycles. The van der Waals surface area contributed by atoms with Crippen LogP contribution in [0.25, 0.3) is 10.1 Å². The number of carbonyl (C=O) groups is 1. The zero-order valence-corrected chi connectivity index (χ0v) is 15.3. The zero-order chi connectivity index (χ0) is 16.5. The Morgan fingerprint density at radius 2 is 2.08 bits per heavy atom. The molecule has 3 aliphatic heterocycles. The van der Waals surface area contributed by atoms with Crippen molar-refractivity contribution < 1.29 is 4.79 Å². The number of aryl methyl sites for hydroxylation is 1. The second-order valence-corrected chi connectivity index (χ2v) is 9.03. The van der Waals surface area contributed by atoms with E-state index >= 15 is 0 Å². The van der Waals surface area contributed by atoms with Crippen LogP contribution in [0.1, 0.15) is 40.9 Å². The first-order valence-corrected chi connectivity index (χ1v) is 10.0. The van der Waals surface area contributed by atoms with E-state index in [0.717, 1.165) is 25.5 Å². The summed E-state index contributed by atoms with van der Waals surface area (Å²) < 4.78 is 1.02. The lowest BCUT2D eigenvalue weighted by Gasteiger charge is -2.52. The first-order valence-electron chi connectivity index (χ1n) is 8.83. The van der Waals surface area contributed by atoms with Gasteiger partial charge in [-0.1, -0.05) is 23.7 Å². The molecule has 3 saturated heterocycles. The Balaban J connectivity index is 1.44. The summed E-state index contributed by atoms with van der Waals surface area (Å²) in [5.74, 6) is 0.733. The van der Waals surface area contributed by atoms with Crippen LogP contribution in [0, 0.1) is 12.8 Å². The molecule has 3 nitrogen and oxygen atoms in total. The molecule has 1 unspecified atom stereocenters. The van der Waals surface area contributed by atoms with Crippen LogP contribution in [0.15, 0.2) is 18.2 Å². The number of hydrogen-bond acceptors (Lipinski definition) is 3. The Hall–Kier alpha value is -1.10. The molecule has 4 fully saturated rings. The minimum absolute atomic E-state index is 0.0787. The van der Waals surface area contributed by atoms with Gasteiger partial charge in [0.25, 0.3) is 5.91 Å². The van der Waals surface area contributed by atoms with E-state index in [0.29, 0.717) is 12.0 Å². The fourth-order valence-corrected chi connectivity index (χ4v) is 6.15. The van der Waals surface area contributed by atoms with Gasteiger partial charge in [0, 0.05) is 5.54 Å². The predicted octanol–water partition coefficient (Wildman–Crippen LogP) is 4.22. The average molecular weight is 361 g/mol. The Morgan fingerprint density at radius 1 is 1.33 bits per heavy atom. The Morgan fingerprint density at radius 3 is 2.79 bits per heavy atom. The van der Waals surface area contributed by atoms with Gasteiger partial charge in [-0.2, -0.15) is 0 Å². The van der Waals surface area contributed by atoms with Crippen molar-refractivity contribution in [2.24, 2.45) is 5.92 Å². The SMILES string of the molecule is Cc1ccc2cc(C(=O)NC3C4CCN(CC4)C34CC4)sc2c1Cl. The lowest BCUT2D eigenvalue weighted by atomic mass is 9.77. The normalized spacial score (nSPS) is 30.0. The molecule has 126 valence electrons. The van der Waals surface area contributed by atoms with Gasteiger partial charge in [-0.15, -0.1) is 11.3 Å². The van der Waals surface area contributed by atoms with E-state index in [2.05, 4.69) is 16.3 Å². The first-order chi connectivity index (χ1) is 11.6. The lowest BCUT2D eigenvalue weighted by molar-refractivity contribution is -0.00138. The van der Waals surface area contributed by atoms with E-state index in [-0.39, 0.29) is 11.4 Å². The number of benzene rings is 1. The molecular formula is C19H21ClN2OS. The fraction of sp³-hybridized carbons (Fsp3) is 0.526. The number of carbonyl (C=O) groups excluding carboxylic acids is 1. The minimum Gasteiger partial charge on any atom is -0.346 e. The van der Waals surface area contributed by atoms with E-state index in [1.54, 1.807) is 0 Å². The molecule has 5 heteroatoms. The second-order valence-electron chi connectivity index (χ2n) is 7.60. The number of rotatable bonds is 2. The standard InChI is InChI=1S/C19H21ClN2OS/c1-11-2-3-13-10-14(24-16(13)15(11)20)18(23)21-17-12-4-8-22(9-5-12)19(17)6-7-19/h2-3,10,12,17H,4-9H2,1H3,(H,21,23). The Kier molecular flexibility index (Phi) is 3.29. The summed E-state index contributed by atoms with van der Waals surface area (Å²) >= 11 is 7.93. The van der Waals surface area contributed by atoms with Crippen molar-refractivity contribution in [1.29, 1.82) is 0 Å². The second kappa shape index (κ2) is 5.20. The maximum Gasteiger partial charge on any atom is 0.261 e. The van der Waals surface area contributed by atoms with E-state index in [4.69, 9.17) is 11.6 Å². The third-order valence-electron chi connectivity index (χ3n) is 6.31. The third-order valence-corrected chi connectivity index (χ3v) is 8.08. The quantitative estimate of drug-likeness (QED) is 0.869. The van der Waals surface area contributed by atoms with Crippen LogP contribution in [0.4, 0.5) is 0 Å². The number of nitrogens with zero attached hydrogens (tertiary/aromatic N) is 1.